The van der Waals surface area contributed by atoms with Crippen LogP contribution in [0.1, 0.15) is 31.2 Å². The Morgan fingerprint density at radius 1 is 1.15 bits per heavy atom. The molecule has 0 atom stereocenters. The summed E-state index contributed by atoms with van der Waals surface area (Å²) in [5.41, 5.74) is 2.31. The molecular formula is C15H19N5. The van der Waals surface area contributed by atoms with E-state index in [4.69, 9.17) is 0 Å². The molecule has 5 heteroatoms. The Kier molecular flexibility index (Phi) is 3.76. The van der Waals surface area contributed by atoms with Crippen molar-refractivity contribution in [1.29, 1.82) is 0 Å². The lowest BCUT2D eigenvalue weighted by Gasteiger charge is -2.09. The average molecular weight is 269 g/mol. The average Bonchev–Trinajstić information content (AvgIpc) is 3.16. The Labute approximate surface area is 118 Å². The third-order valence-electron chi connectivity index (χ3n) is 3.66. The highest BCUT2D eigenvalue weighted by Gasteiger charge is 2.09. The molecule has 0 radical (unpaired) electrons. The van der Waals surface area contributed by atoms with Crippen molar-refractivity contribution in [3.63, 3.8) is 0 Å². The maximum Gasteiger partial charge on any atom is 0.181 e. The summed E-state index contributed by atoms with van der Waals surface area (Å²) in [5.74, 6) is 0.765. The van der Waals surface area contributed by atoms with Crippen LogP contribution in [0.4, 0.5) is 0 Å². The highest BCUT2D eigenvalue weighted by Crippen LogP contribution is 2.13. The molecule has 1 saturated heterocycles. The molecule has 0 amide bonds. The van der Waals surface area contributed by atoms with Gasteiger partial charge >= 0.3 is 0 Å². The minimum absolute atomic E-state index is 0.765. The Morgan fingerprint density at radius 2 is 1.90 bits per heavy atom. The number of rotatable bonds is 4. The number of nitrogens with zero attached hydrogens (tertiary/aromatic N) is 5. The molecule has 0 bridgehead atoms. The molecule has 5 nitrogen and oxygen atoms in total. The van der Waals surface area contributed by atoms with Crippen molar-refractivity contribution in [3.05, 3.63) is 41.9 Å². The molecule has 1 fully saturated rings. The van der Waals surface area contributed by atoms with Gasteiger partial charge in [0.25, 0.3) is 0 Å². The molecule has 0 aliphatic carbocycles. The summed E-state index contributed by atoms with van der Waals surface area (Å²) in [7, 11) is 0. The number of likely N-dealkylation sites (tertiary alicyclic amines) is 1. The van der Waals surface area contributed by atoms with E-state index in [0.29, 0.717) is 0 Å². The first-order chi connectivity index (χ1) is 9.86. The van der Waals surface area contributed by atoms with Crippen molar-refractivity contribution in [2.75, 3.05) is 13.1 Å². The fraction of sp³-hybridized carbons (Fsp3) is 0.400. The number of aromatic nitrogens is 4. The summed E-state index contributed by atoms with van der Waals surface area (Å²) < 4.78 is 1.77. The molecule has 3 rings (SSSR count). The van der Waals surface area contributed by atoms with Gasteiger partial charge in [-0.1, -0.05) is 19.1 Å². The van der Waals surface area contributed by atoms with Gasteiger partial charge in [-0.05, 0) is 47.4 Å². The van der Waals surface area contributed by atoms with Crippen molar-refractivity contribution in [2.24, 2.45) is 0 Å². The zero-order valence-electron chi connectivity index (χ0n) is 11.7. The molecule has 0 saturated carbocycles. The molecule has 2 aromatic rings. The van der Waals surface area contributed by atoms with Gasteiger partial charge in [0.1, 0.15) is 0 Å². The highest BCUT2D eigenvalue weighted by atomic mass is 15.5. The summed E-state index contributed by atoms with van der Waals surface area (Å²) in [6.07, 6.45) is 7.66. The zero-order valence-corrected chi connectivity index (χ0v) is 11.7. The summed E-state index contributed by atoms with van der Waals surface area (Å²) >= 11 is 0. The second-order valence-electron chi connectivity index (χ2n) is 5.03. The Balaban J connectivity index is 1.81. The van der Waals surface area contributed by atoms with Gasteiger partial charge in [0, 0.05) is 25.4 Å². The number of tetrazole rings is 1. The molecule has 1 aliphatic heterocycles. The quantitative estimate of drug-likeness (QED) is 0.854. The summed E-state index contributed by atoms with van der Waals surface area (Å²) in [6.45, 7) is 4.41. The van der Waals surface area contributed by atoms with Gasteiger partial charge in [-0.25, -0.2) is 0 Å². The largest absolute Gasteiger partial charge is 0.377 e. The van der Waals surface area contributed by atoms with Gasteiger partial charge in [0.2, 0.25) is 0 Å². The monoisotopic (exact) mass is 269 g/mol. The van der Waals surface area contributed by atoms with Crippen molar-refractivity contribution < 1.29 is 0 Å². The molecule has 0 unspecified atom stereocenters. The molecule has 0 spiro atoms. The standard InChI is InChI=1S/C15H19N5/c1-2-13-5-7-14(8-6-13)20-15(16-17-18-20)9-12-19-10-3-4-11-19/h5-9,12H,2-4,10-11H2,1H3/b12-9+. The second-order valence-corrected chi connectivity index (χ2v) is 5.03. The summed E-state index contributed by atoms with van der Waals surface area (Å²) in [6, 6.07) is 8.35. The van der Waals surface area contributed by atoms with Crippen molar-refractivity contribution in [2.45, 2.75) is 26.2 Å². The van der Waals surface area contributed by atoms with E-state index in [1.807, 2.05) is 6.08 Å². The molecule has 20 heavy (non-hydrogen) atoms. The predicted octanol–water partition coefficient (Wildman–Crippen LogP) is 2.29. The van der Waals surface area contributed by atoms with E-state index in [9.17, 15) is 0 Å². The Bertz CT molecular complexity index is 579. The van der Waals surface area contributed by atoms with Gasteiger partial charge in [-0.2, -0.15) is 4.68 Å². The topological polar surface area (TPSA) is 46.8 Å². The molecule has 104 valence electrons. The lowest BCUT2D eigenvalue weighted by molar-refractivity contribution is 0.470. The number of hydrogen-bond acceptors (Lipinski definition) is 4. The van der Waals surface area contributed by atoms with E-state index in [1.54, 1.807) is 4.68 Å². The number of aryl methyl sites for hydroxylation is 1. The van der Waals surface area contributed by atoms with Gasteiger partial charge in [-0.3, -0.25) is 0 Å². The third-order valence-corrected chi connectivity index (χ3v) is 3.66. The van der Waals surface area contributed by atoms with Crippen LogP contribution in [0.3, 0.4) is 0 Å². The van der Waals surface area contributed by atoms with Crippen LogP contribution in [-0.4, -0.2) is 38.2 Å². The normalized spacial score (nSPS) is 15.3. The fourth-order valence-corrected chi connectivity index (χ4v) is 2.42. The van der Waals surface area contributed by atoms with Gasteiger partial charge in [0.05, 0.1) is 5.69 Å². The van der Waals surface area contributed by atoms with E-state index in [0.717, 1.165) is 31.0 Å². The summed E-state index contributed by atoms with van der Waals surface area (Å²) in [4.78, 5) is 2.30. The minimum Gasteiger partial charge on any atom is -0.377 e. The number of benzene rings is 1. The van der Waals surface area contributed by atoms with Crippen LogP contribution in [0.15, 0.2) is 30.5 Å². The fourth-order valence-electron chi connectivity index (χ4n) is 2.42. The predicted molar refractivity (Wildman–Crippen MR) is 78.4 cm³/mol. The number of hydrogen-bond donors (Lipinski definition) is 0. The van der Waals surface area contributed by atoms with Crippen LogP contribution in [0.5, 0.6) is 0 Å². The third kappa shape index (κ3) is 2.71. The maximum absolute atomic E-state index is 4.08. The van der Waals surface area contributed by atoms with E-state index in [2.05, 4.69) is 57.8 Å². The first kappa shape index (κ1) is 12.8. The van der Waals surface area contributed by atoms with Gasteiger partial charge < -0.3 is 4.90 Å². The first-order valence-electron chi connectivity index (χ1n) is 7.17. The molecule has 1 aliphatic rings. The highest BCUT2D eigenvalue weighted by molar-refractivity contribution is 5.44. The lowest BCUT2D eigenvalue weighted by atomic mass is 10.1. The first-order valence-corrected chi connectivity index (χ1v) is 7.17. The van der Waals surface area contributed by atoms with Crippen LogP contribution in [0.2, 0.25) is 0 Å². The zero-order chi connectivity index (χ0) is 13.8. The van der Waals surface area contributed by atoms with Gasteiger partial charge in [-0.15, -0.1) is 5.10 Å². The van der Waals surface area contributed by atoms with Crippen LogP contribution >= 0.6 is 0 Å². The summed E-state index contributed by atoms with van der Waals surface area (Å²) in [5, 5.41) is 11.9. The Hall–Kier alpha value is -2.17. The van der Waals surface area contributed by atoms with Crippen molar-refractivity contribution in [3.8, 4) is 5.69 Å². The molecule has 1 aromatic carbocycles. The Morgan fingerprint density at radius 3 is 2.60 bits per heavy atom. The smallest absolute Gasteiger partial charge is 0.181 e. The molecule has 1 aromatic heterocycles. The second kappa shape index (κ2) is 5.86. The van der Waals surface area contributed by atoms with Crippen LogP contribution in [-0.2, 0) is 6.42 Å². The van der Waals surface area contributed by atoms with Crippen molar-refractivity contribution in [1.82, 2.24) is 25.1 Å². The molecule has 0 N–H and O–H groups in total. The van der Waals surface area contributed by atoms with E-state index in [-0.39, 0.29) is 0 Å². The lowest BCUT2D eigenvalue weighted by Crippen LogP contribution is -2.10. The van der Waals surface area contributed by atoms with Crippen LogP contribution < -0.4 is 0 Å². The van der Waals surface area contributed by atoms with E-state index >= 15 is 0 Å². The van der Waals surface area contributed by atoms with Crippen molar-refractivity contribution >= 4 is 6.08 Å². The molecular weight excluding hydrogens is 250 g/mol. The minimum atomic E-state index is 0.765. The van der Waals surface area contributed by atoms with E-state index < -0.39 is 0 Å². The maximum atomic E-state index is 4.08. The van der Waals surface area contributed by atoms with E-state index in [1.165, 1.54) is 18.4 Å². The SMILES string of the molecule is CCc1ccc(-n2nnnc2/C=C/N2CCCC2)cc1. The van der Waals surface area contributed by atoms with Crippen LogP contribution in [0, 0.1) is 0 Å². The van der Waals surface area contributed by atoms with Crippen LogP contribution in [0.25, 0.3) is 11.8 Å². The van der Waals surface area contributed by atoms with Gasteiger partial charge in [0.15, 0.2) is 5.82 Å². The molecule has 2 heterocycles.